The molecule has 5 rings (SSSR count). The van der Waals surface area contributed by atoms with Crippen LogP contribution in [0.2, 0.25) is 0 Å². The molecule has 1 unspecified atom stereocenters. The predicted molar refractivity (Wildman–Crippen MR) is 154 cm³/mol. The molecule has 20 heteroatoms. The number of pyridine rings is 2. The Morgan fingerprint density at radius 2 is 1.28 bits per heavy atom. The van der Waals surface area contributed by atoms with E-state index in [1.165, 1.54) is 11.3 Å². The van der Waals surface area contributed by atoms with Gasteiger partial charge in [-0.05, 0) is 48.7 Å². The lowest BCUT2D eigenvalue weighted by molar-refractivity contribution is -0.193. The maximum atomic E-state index is 13.2. The van der Waals surface area contributed by atoms with E-state index in [2.05, 4.69) is 22.0 Å². The van der Waals surface area contributed by atoms with Gasteiger partial charge in [0.2, 0.25) is 0 Å². The first-order valence-corrected chi connectivity index (χ1v) is 13.8. The van der Waals surface area contributed by atoms with Crippen LogP contribution in [0.25, 0.3) is 0 Å². The minimum absolute atomic E-state index is 0.100. The molecule has 1 atom stereocenters. The van der Waals surface area contributed by atoms with Crippen molar-refractivity contribution in [3.63, 3.8) is 0 Å². The van der Waals surface area contributed by atoms with Crippen LogP contribution in [0, 0.1) is 6.92 Å². The second-order valence-electron chi connectivity index (χ2n) is 10.6. The standard InChI is InChI=1S/C24H24N4O.3C2HF3O2/c1-18-6-2-3-8-20(18)23(29)27-13-10-24(16-27)17-28(15-19-7-4-11-25-14-19)21-9-5-12-26-22(21)24;3*3-2(4,5)1(6)7/h2-9,11-12,14H,10,13,15-17H2,1H3;3*(H,6,7). The summed E-state index contributed by atoms with van der Waals surface area (Å²) >= 11 is 0. The molecule has 0 bridgehead atoms. The van der Waals surface area contributed by atoms with E-state index in [1.807, 2.05) is 60.6 Å². The van der Waals surface area contributed by atoms with Gasteiger partial charge in [-0.3, -0.25) is 14.8 Å². The third-order valence-electron chi connectivity index (χ3n) is 6.96. The molecule has 4 heterocycles. The molecule has 3 aromatic rings. The molecule has 1 aromatic carbocycles. The molecule has 2 aliphatic heterocycles. The molecular formula is C30H27F9N4O7. The van der Waals surface area contributed by atoms with Crippen molar-refractivity contribution in [3.8, 4) is 0 Å². The molecular weight excluding hydrogens is 699 g/mol. The fourth-order valence-corrected chi connectivity index (χ4v) is 4.79. The monoisotopic (exact) mass is 726 g/mol. The Labute approximate surface area is 276 Å². The lowest BCUT2D eigenvalue weighted by atomic mass is 9.85. The van der Waals surface area contributed by atoms with E-state index in [-0.39, 0.29) is 11.3 Å². The van der Waals surface area contributed by atoms with Gasteiger partial charge in [-0.2, -0.15) is 39.5 Å². The van der Waals surface area contributed by atoms with Crippen LogP contribution in [0.4, 0.5) is 45.2 Å². The number of rotatable bonds is 3. The summed E-state index contributed by atoms with van der Waals surface area (Å²) in [4.78, 5) is 53.3. The van der Waals surface area contributed by atoms with Crippen LogP contribution >= 0.6 is 0 Å². The Kier molecular flexibility index (Phi) is 13.3. The molecule has 0 aliphatic carbocycles. The van der Waals surface area contributed by atoms with Crippen molar-refractivity contribution in [1.82, 2.24) is 14.9 Å². The average Bonchev–Trinajstić information content (AvgIpc) is 3.58. The van der Waals surface area contributed by atoms with E-state index in [9.17, 15) is 44.3 Å². The van der Waals surface area contributed by atoms with Crippen molar-refractivity contribution in [2.75, 3.05) is 24.5 Å². The fourth-order valence-electron chi connectivity index (χ4n) is 4.79. The van der Waals surface area contributed by atoms with Gasteiger partial charge >= 0.3 is 36.4 Å². The molecule has 2 aliphatic rings. The van der Waals surface area contributed by atoms with Gasteiger partial charge < -0.3 is 25.1 Å². The summed E-state index contributed by atoms with van der Waals surface area (Å²) in [6.07, 6.45) is -8.71. The van der Waals surface area contributed by atoms with Gasteiger partial charge in [0.15, 0.2) is 0 Å². The minimum Gasteiger partial charge on any atom is -0.475 e. The van der Waals surface area contributed by atoms with Crippen molar-refractivity contribution in [2.45, 2.75) is 43.8 Å². The summed E-state index contributed by atoms with van der Waals surface area (Å²) < 4.78 is 95.2. The van der Waals surface area contributed by atoms with Crippen molar-refractivity contribution in [2.24, 2.45) is 0 Å². The van der Waals surface area contributed by atoms with Gasteiger partial charge in [-0.1, -0.05) is 24.3 Å². The Balaban J connectivity index is 0.000000338. The number of halogens is 9. The Hall–Kier alpha value is -5.43. The molecule has 2 aromatic heterocycles. The number of carboxylic acids is 3. The molecule has 11 nitrogen and oxygen atoms in total. The van der Waals surface area contributed by atoms with Crippen molar-refractivity contribution >= 4 is 29.5 Å². The number of carboxylic acid groups (broad SMARTS) is 3. The van der Waals surface area contributed by atoms with E-state index in [0.717, 1.165) is 42.9 Å². The van der Waals surface area contributed by atoms with Gasteiger partial charge in [0.1, 0.15) is 0 Å². The number of anilines is 1. The largest absolute Gasteiger partial charge is 0.490 e. The third kappa shape index (κ3) is 11.3. The van der Waals surface area contributed by atoms with Gasteiger partial charge in [0.25, 0.3) is 5.91 Å². The Bertz CT molecular complexity index is 1590. The number of carbonyl (C=O) groups excluding carboxylic acids is 1. The summed E-state index contributed by atoms with van der Waals surface area (Å²) in [5.74, 6) is -8.14. The quantitative estimate of drug-likeness (QED) is 0.295. The highest BCUT2D eigenvalue weighted by molar-refractivity contribution is 5.96. The molecule has 272 valence electrons. The first-order chi connectivity index (χ1) is 23.0. The number of amides is 1. The lowest BCUT2D eigenvalue weighted by Crippen LogP contribution is -2.38. The van der Waals surface area contributed by atoms with Crippen LogP contribution in [0.15, 0.2) is 67.1 Å². The minimum atomic E-state index is -5.08. The number of likely N-dealkylation sites (tertiary alicyclic amines) is 1. The van der Waals surface area contributed by atoms with E-state index in [1.54, 1.807) is 6.20 Å². The van der Waals surface area contributed by atoms with Crippen molar-refractivity contribution in [3.05, 3.63) is 89.5 Å². The molecule has 50 heavy (non-hydrogen) atoms. The number of alkyl halides is 9. The number of nitrogens with zero attached hydrogens (tertiary/aromatic N) is 4. The number of aromatic nitrogens is 2. The summed E-state index contributed by atoms with van der Waals surface area (Å²) in [5.41, 5.74) is 5.23. The second-order valence-corrected chi connectivity index (χ2v) is 10.6. The summed E-state index contributed by atoms with van der Waals surface area (Å²) in [6.45, 7) is 5.17. The van der Waals surface area contributed by atoms with Crippen LogP contribution in [-0.4, -0.2) is 92.2 Å². The number of aryl methyl sites for hydroxylation is 1. The molecule has 0 radical (unpaired) electrons. The summed E-state index contributed by atoms with van der Waals surface area (Å²) in [6, 6.07) is 16.1. The van der Waals surface area contributed by atoms with E-state index >= 15 is 0 Å². The van der Waals surface area contributed by atoms with Gasteiger partial charge in [-0.25, -0.2) is 14.4 Å². The normalized spacial score (nSPS) is 16.5. The number of hydrogen-bond donors (Lipinski definition) is 3. The molecule has 1 saturated heterocycles. The maximum Gasteiger partial charge on any atom is 0.490 e. The number of carbonyl (C=O) groups is 4. The molecule has 1 fully saturated rings. The zero-order valence-electron chi connectivity index (χ0n) is 25.6. The highest BCUT2D eigenvalue weighted by Crippen LogP contribution is 2.45. The fraction of sp³-hybridized carbons (Fsp3) is 0.333. The van der Waals surface area contributed by atoms with E-state index < -0.39 is 36.4 Å². The van der Waals surface area contributed by atoms with Gasteiger partial charge in [0.05, 0.1) is 16.8 Å². The zero-order chi connectivity index (χ0) is 38.1. The summed E-state index contributed by atoms with van der Waals surface area (Å²) in [5, 5.41) is 21.4. The Morgan fingerprint density at radius 1 is 0.760 bits per heavy atom. The third-order valence-corrected chi connectivity index (χ3v) is 6.96. The number of fused-ring (bicyclic) bond motifs is 2. The van der Waals surface area contributed by atoms with E-state index in [4.69, 9.17) is 34.7 Å². The summed E-state index contributed by atoms with van der Waals surface area (Å²) in [7, 11) is 0. The lowest BCUT2D eigenvalue weighted by Gasteiger charge is -2.26. The molecule has 0 saturated carbocycles. The predicted octanol–water partition coefficient (Wildman–Crippen LogP) is 5.49. The number of benzene rings is 1. The van der Waals surface area contributed by atoms with Crippen LogP contribution in [-0.2, 0) is 26.3 Å². The Morgan fingerprint density at radius 3 is 1.76 bits per heavy atom. The van der Waals surface area contributed by atoms with Crippen molar-refractivity contribution in [1.29, 1.82) is 0 Å². The smallest absolute Gasteiger partial charge is 0.475 e. The second kappa shape index (κ2) is 16.3. The first kappa shape index (κ1) is 40.7. The molecule has 1 spiro atoms. The highest BCUT2D eigenvalue weighted by Gasteiger charge is 2.49. The van der Waals surface area contributed by atoms with E-state index in [0.29, 0.717) is 6.54 Å². The van der Waals surface area contributed by atoms with Crippen LogP contribution in [0.3, 0.4) is 0 Å². The maximum absolute atomic E-state index is 13.2. The SMILES string of the molecule is Cc1ccccc1C(=O)N1CCC2(C1)CN(Cc1cccnc1)c1cccnc12.O=C(O)C(F)(F)F.O=C(O)C(F)(F)F.O=C(O)C(F)(F)F. The van der Waals surface area contributed by atoms with Gasteiger partial charge in [0, 0.05) is 50.3 Å². The molecule has 3 N–H and O–H groups in total. The number of hydrogen-bond acceptors (Lipinski definition) is 7. The number of aliphatic carboxylic acids is 3. The van der Waals surface area contributed by atoms with Crippen molar-refractivity contribution < 1.29 is 74.0 Å². The van der Waals surface area contributed by atoms with Crippen LogP contribution in [0.1, 0.15) is 33.6 Å². The average molecular weight is 727 g/mol. The topological polar surface area (TPSA) is 161 Å². The van der Waals surface area contributed by atoms with Crippen LogP contribution < -0.4 is 4.90 Å². The van der Waals surface area contributed by atoms with Gasteiger partial charge in [-0.15, -0.1) is 0 Å². The van der Waals surface area contributed by atoms with Crippen LogP contribution in [0.5, 0.6) is 0 Å². The first-order valence-electron chi connectivity index (χ1n) is 13.8. The highest BCUT2D eigenvalue weighted by atomic mass is 19.4. The molecule has 1 amide bonds. The zero-order valence-corrected chi connectivity index (χ0v) is 25.6.